The average Bonchev–Trinajstić information content (AvgIpc) is 3.47. The molecule has 4 heterocycles. The molecule has 4 fully saturated rings. The van der Waals surface area contributed by atoms with Gasteiger partial charge in [-0.05, 0) is 77.6 Å². The van der Waals surface area contributed by atoms with Gasteiger partial charge >= 0.3 is 6.09 Å². The number of likely N-dealkylation sites (tertiary alicyclic amines) is 2. The van der Waals surface area contributed by atoms with Crippen LogP contribution in [0.4, 0.5) is 4.79 Å². The van der Waals surface area contributed by atoms with Crippen LogP contribution in [0.1, 0.15) is 56.0 Å². The zero-order valence-electron chi connectivity index (χ0n) is 23.4. The molecule has 3 unspecified atom stereocenters. The molecule has 39 heavy (non-hydrogen) atoms. The van der Waals surface area contributed by atoms with E-state index in [1.807, 2.05) is 39.4 Å². The molecule has 1 saturated carbocycles. The Morgan fingerprint density at radius 3 is 2.38 bits per heavy atom. The molecule has 4 aliphatic rings. The summed E-state index contributed by atoms with van der Waals surface area (Å²) in [6, 6.07) is 12.6. The fourth-order valence-electron chi connectivity index (χ4n) is 6.85. The Hall–Kier alpha value is -2.42. The number of ether oxygens (including phenoxy) is 2. The van der Waals surface area contributed by atoms with Crippen molar-refractivity contribution in [3.63, 3.8) is 0 Å². The van der Waals surface area contributed by atoms with Crippen molar-refractivity contribution < 1.29 is 19.1 Å². The van der Waals surface area contributed by atoms with Crippen LogP contribution in [-0.2, 0) is 10.2 Å². The van der Waals surface area contributed by atoms with Crippen LogP contribution >= 0.6 is 11.3 Å². The van der Waals surface area contributed by atoms with Crippen molar-refractivity contribution in [1.29, 1.82) is 0 Å². The maximum absolute atomic E-state index is 13.4. The van der Waals surface area contributed by atoms with Gasteiger partial charge in [-0.15, -0.1) is 11.3 Å². The average molecular weight is 552 g/mol. The number of thiophene rings is 1. The van der Waals surface area contributed by atoms with Crippen molar-refractivity contribution >= 4 is 23.3 Å². The summed E-state index contributed by atoms with van der Waals surface area (Å²) < 4.78 is 11.4. The lowest BCUT2D eigenvalue weighted by Crippen LogP contribution is -2.47. The highest BCUT2D eigenvalue weighted by Gasteiger charge is 2.57. The Labute approximate surface area is 236 Å². The van der Waals surface area contributed by atoms with E-state index < -0.39 is 0 Å². The first kappa shape index (κ1) is 26.8. The van der Waals surface area contributed by atoms with E-state index in [0.717, 1.165) is 64.2 Å². The van der Waals surface area contributed by atoms with E-state index in [1.165, 1.54) is 16.9 Å². The number of carbonyl (C=O) groups excluding carboxylic acids is 2. The second-order valence-corrected chi connectivity index (χ2v) is 13.7. The van der Waals surface area contributed by atoms with Gasteiger partial charge in [0.25, 0.3) is 5.91 Å². The molecule has 1 aromatic heterocycles. The van der Waals surface area contributed by atoms with Gasteiger partial charge in [-0.25, -0.2) is 4.79 Å². The minimum atomic E-state index is -0.229. The third-order valence-electron chi connectivity index (χ3n) is 9.32. The first-order valence-electron chi connectivity index (χ1n) is 14.5. The SMILES string of the molecule is CC(C)(C)c1ccc(C(=O)N2CC3C(C2)C3CN(C(=O)Oc2cccs2)C2CCN(C3CCOCC3)C2)cc1. The molecule has 1 aromatic carbocycles. The lowest BCUT2D eigenvalue weighted by molar-refractivity contribution is 0.0393. The summed E-state index contributed by atoms with van der Waals surface area (Å²) in [5, 5.41) is 2.58. The van der Waals surface area contributed by atoms with E-state index in [2.05, 4.69) is 37.8 Å². The number of hydrogen-bond donors (Lipinski definition) is 0. The number of piperidine rings is 1. The minimum absolute atomic E-state index is 0.0712. The minimum Gasteiger partial charge on any atom is -0.399 e. The van der Waals surface area contributed by atoms with Gasteiger partial charge in [-0.1, -0.05) is 32.9 Å². The molecule has 210 valence electrons. The standard InChI is InChI=1S/C31H41N3O4S/c1-31(2,3)22-8-6-21(7-9-22)29(35)33-18-25-26(19-33)27(25)20-34(30(36)38-28-5-4-16-39-28)24-10-13-32(17-24)23-11-14-37-15-12-23/h4-9,16,23-27H,10-15,17-20H2,1-3H3. The van der Waals surface area contributed by atoms with Gasteiger partial charge in [0, 0.05) is 63.6 Å². The third-order valence-corrected chi connectivity index (χ3v) is 10.1. The van der Waals surface area contributed by atoms with Crippen LogP contribution in [0.2, 0.25) is 0 Å². The molecular weight excluding hydrogens is 510 g/mol. The third kappa shape index (κ3) is 5.74. The van der Waals surface area contributed by atoms with Gasteiger partial charge in [-0.3, -0.25) is 9.69 Å². The van der Waals surface area contributed by atoms with E-state index in [9.17, 15) is 9.59 Å². The molecule has 3 atom stereocenters. The molecule has 3 saturated heterocycles. The summed E-state index contributed by atoms with van der Waals surface area (Å²) in [4.78, 5) is 33.2. The first-order valence-corrected chi connectivity index (χ1v) is 15.4. The van der Waals surface area contributed by atoms with Crippen molar-refractivity contribution in [2.75, 3.05) is 45.9 Å². The van der Waals surface area contributed by atoms with Crippen LogP contribution in [0.3, 0.4) is 0 Å². The second-order valence-electron chi connectivity index (χ2n) is 12.8. The summed E-state index contributed by atoms with van der Waals surface area (Å²) in [5.41, 5.74) is 2.07. The summed E-state index contributed by atoms with van der Waals surface area (Å²) in [5.74, 6) is 1.49. The normalized spacial score (nSPS) is 27.4. The molecule has 2 amide bonds. The summed E-state index contributed by atoms with van der Waals surface area (Å²) >= 11 is 1.45. The van der Waals surface area contributed by atoms with Crippen molar-refractivity contribution in [2.24, 2.45) is 17.8 Å². The van der Waals surface area contributed by atoms with Gasteiger partial charge in [0.05, 0.1) is 0 Å². The predicted octanol–water partition coefficient (Wildman–Crippen LogP) is 5.12. The Kier molecular flexibility index (Phi) is 7.46. The number of amides is 2. The fourth-order valence-corrected chi connectivity index (χ4v) is 7.42. The number of benzene rings is 1. The Morgan fingerprint density at radius 1 is 1.03 bits per heavy atom. The molecule has 0 N–H and O–H groups in total. The largest absolute Gasteiger partial charge is 0.416 e. The van der Waals surface area contributed by atoms with Crippen LogP contribution in [0, 0.1) is 17.8 Å². The van der Waals surface area contributed by atoms with Crippen molar-refractivity contribution in [1.82, 2.24) is 14.7 Å². The molecular formula is C31H41N3O4S. The Morgan fingerprint density at radius 2 is 1.74 bits per heavy atom. The summed E-state index contributed by atoms with van der Waals surface area (Å²) in [6.45, 7) is 12.4. The number of rotatable bonds is 6. The number of nitrogens with zero attached hydrogens (tertiary/aromatic N) is 3. The van der Waals surface area contributed by atoms with Crippen molar-refractivity contribution in [3.05, 3.63) is 52.9 Å². The lowest BCUT2D eigenvalue weighted by Gasteiger charge is -2.33. The fraction of sp³-hybridized carbons (Fsp3) is 0.613. The van der Waals surface area contributed by atoms with E-state index in [0.29, 0.717) is 35.4 Å². The zero-order valence-corrected chi connectivity index (χ0v) is 24.2. The van der Waals surface area contributed by atoms with E-state index in [4.69, 9.17) is 9.47 Å². The van der Waals surface area contributed by atoms with Gasteiger partial charge in [0.2, 0.25) is 0 Å². The smallest absolute Gasteiger partial charge is 0.399 e. The highest BCUT2D eigenvalue weighted by atomic mass is 32.1. The summed E-state index contributed by atoms with van der Waals surface area (Å²) in [6.07, 6.45) is 2.89. The molecule has 6 rings (SSSR count). The van der Waals surface area contributed by atoms with Crippen LogP contribution in [0.25, 0.3) is 0 Å². The Balaban J connectivity index is 1.08. The summed E-state index contributed by atoms with van der Waals surface area (Å²) in [7, 11) is 0. The van der Waals surface area contributed by atoms with Crippen LogP contribution in [0.5, 0.6) is 5.06 Å². The highest BCUT2D eigenvalue weighted by Crippen LogP contribution is 2.52. The van der Waals surface area contributed by atoms with Gasteiger partial charge in [0.1, 0.15) is 0 Å². The van der Waals surface area contributed by atoms with Gasteiger partial charge in [0.15, 0.2) is 5.06 Å². The lowest BCUT2D eigenvalue weighted by atomic mass is 9.86. The molecule has 2 aromatic rings. The van der Waals surface area contributed by atoms with E-state index in [-0.39, 0.29) is 23.5 Å². The number of hydrogen-bond acceptors (Lipinski definition) is 6. The zero-order chi connectivity index (χ0) is 27.1. The predicted molar refractivity (Wildman–Crippen MR) is 152 cm³/mol. The molecule has 1 aliphatic carbocycles. The van der Waals surface area contributed by atoms with Crippen molar-refractivity contribution in [3.8, 4) is 5.06 Å². The number of fused-ring (bicyclic) bond motifs is 1. The van der Waals surface area contributed by atoms with Gasteiger partial charge in [-0.2, -0.15) is 0 Å². The quantitative estimate of drug-likeness (QED) is 0.499. The van der Waals surface area contributed by atoms with Crippen LogP contribution in [-0.4, -0.2) is 84.7 Å². The first-order chi connectivity index (χ1) is 18.8. The molecule has 8 heteroatoms. The van der Waals surface area contributed by atoms with E-state index in [1.54, 1.807) is 0 Å². The van der Waals surface area contributed by atoms with Gasteiger partial charge < -0.3 is 19.3 Å². The topological polar surface area (TPSA) is 62.3 Å². The van der Waals surface area contributed by atoms with Crippen LogP contribution < -0.4 is 4.74 Å². The maximum atomic E-state index is 13.4. The maximum Gasteiger partial charge on any atom is 0.416 e. The second kappa shape index (κ2) is 10.9. The van der Waals surface area contributed by atoms with Crippen molar-refractivity contribution in [2.45, 2.75) is 57.5 Å². The molecule has 7 nitrogen and oxygen atoms in total. The molecule has 3 aliphatic heterocycles. The van der Waals surface area contributed by atoms with E-state index >= 15 is 0 Å². The highest BCUT2D eigenvalue weighted by molar-refractivity contribution is 7.11. The molecule has 0 bridgehead atoms. The monoisotopic (exact) mass is 551 g/mol. The van der Waals surface area contributed by atoms with Crippen LogP contribution in [0.15, 0.2) is 41.8 Å². The molecule has 0 radical (unpaired) electrons. The number of carbonyl (C=O) groups is 2. The Bertz CT molecular complexity index is 1140. The molecule has 0 spiro atoms.